The highest BCUT2D eigenvalue weighted by atomic mass is 16.5. The van der Waals surface area contributed by atoms with Gasteiger partial charge in [-0.3, -0.25) is 9.59 Å². The van der Waals surface area contributed by atoms with E-state index in [9.17, 15) is 9.59 Å². The number of aromatic nitrogens is 1. The maximum atomic E-state index is 12.2. The lowest BCUT2D eigenvalue weighted by atomic mass is 10.0. The standard InChI is InChI=1S/C17H21N3O3/c1-3-11(2)13-10-15(23-20-13)17(22)19-14(16(18)21)9-12-7-5-4-6-8-12/h4-8,10-11,14H,3,9H2,1-2H3,(H2,18,21)(H,19,22)/t11-,14+/m0/s1. The Morgan fingerprint density at radius 1 is 1.30 bits per heavy atom. The zero-order valence-electron chi connectivity index (χ0n) is 13.3. The molecule has 0 aliphatic carbocycles. The summed E-state index contributed by atoms with van der Waals surface area (Å²) >= 11 is 0. The molecule has 2 amide bonds. The average molecular weight is 315 g/mol. The summed E-state index contributed by atoms with van der Waals surface area (Å²) in [6.45, 7) is 4.03. The van der Waals surface area contributed by atoms with Gasteiger partial charge in [-0.1, -0.05) is 49.3 Å². The summed E-state index contributed by atoms with van der Waals surface area (Å²) < 4.78 is 5.07. The van der Waals surface area contributed by atoms with E-state index < -0.39 is 17.9 Å². The average Bonchev–Trinajstić information content (AvgIpc) is 3.04. The van der Waals surface area contributed by atoms with E-state index in [1.165, 1.54) is 0 Å². The van der Waals surface area contributed by atoms with Crippen LogP contribution in [0.4, 0.5) is 0 Å². The number of nitrogens with zero attached hydrogens (tertiary/aromatic N) is 1. The van der Waals surface area contributed by atoms with Crippen molar-refractivity contribution < 1.29 is 14.1 Å². The van der Waals surface area contributed by atoms with Crippen LogP contribution in [0, 0.1) is 0 Å². The molecule has 0 spiro atoms. The third kappa shape index (κ3) is 4.42. The molecule has 6 heteroatoms. The fourth-order valence-corrected chi connectivity index (χ4v) is 2.14. The summed E-state index contributed by atoms with van der Waals surface area (Å²) in [5.41, 5.74) is 7.02. The SMILES string of the molecule is CC[C@H](C)c1cc(C(=O)N[C@H](Cc2ccccc2)C(N)=O)on1. The Bertz CT molecular complexity index is 667. The van der Waals surface area contributed by atoms with Gasteiger partial charge in [0, 0.05) is 18.4 Å². The second-order valence-corrected chi connectivity index (χ2v) is 5.54. The highest BCUT2D eigenvalue weighted by Crippen LogP contribution is 2.18. The molecule has 2 rings (SSSR count). The smallest absolute Gasteiger partial charge is 0.290 e. The van der Waals surface area contributed by atoms with Gasteiger partial charge in [0.15, 0.2) is 0 Å². The number of nitrogens with two attached hydrogens (primary N) is 1. The quantitative estimate of drug-likeness (QED) is 0.816. The van der Waals surface area contributed by atoms with Crippen molar-refractivity contribution in [1.29, 1.82) is 0 Å². The predicted octanol–water partition coefficient (Wildman–Crippen LogP) is 2.01. The van der Waals surface area contributed by atoms with Crippen LogP contribution >= 0.6 is 0 Å². The minimum atomic E-state index is -0.804. The van der Waals surface area contributed by atoms with Crippen LogP contribution < -0.4 is 11.1 Å². The predicted molar refractivity (Wildman–Crippen MR) is 85.8 cm³/mol. The van der Waals surface area contributed by atoms with Crippen LogP contribution in [-0.2, 0) is 11.2 Å². The van der Waals surface area contributed by atoms with Crippen LogP contribution in [0.1, 0.15) is 48.0 Å². The lowest BCUT2D eigenvalue weighted by Crippen LogP contribution is -2.45. The summed E-state index contributed by atoms with van der Waals surface area (Å²) in [7, 11) is 0. The Hall–Kier alpha value is -2.63. The van der Waals surface area contributed by atoms with Crippen LogP contribution in [0.5, 0.6) is 0 Å². The van der Waals surface area contributed by atoms with Gasteiger partial charge in [-0.15, -0.1) is 0 Å². The first kappa shape index (κ1) is 16.7. The fraction of sp³-hybridized carbons (Fsp3) is 0.353. The molecule has 3 N–H and O–H groups in total. The van der Waals surface area contributed by atoms with Crippen molar-refractivity contribution >= 4 is 11.8 Å². The van der Waals surface area contributed by atoms with Crippen molar-refractivity contribution in [2.45, 2.75) is 38.6 Å². The number of nitrogens with one attached hydrogen (secondary N) is 1. The monoisotopic (exact) mass is 315 g/mol. The van der Waals surface area contributed by atoms with Gasteiger partial charge in [0.25, 0.3) is 5.91 Å². The van der Waals surface area contributed by atoms with Crippen molar-refractivity contribution in [3.63, 3.8) is 0 Å². The van der Waals surface area contributed by atoms with Crippen molar-refractivity contribution in [2.75, 3.05) is 0 Å². The molecule has 122 valence electrons. The minimum Gasteiger partial charge on any atom is -0.368 e. The number of primary amides is 1. The number of carbonyl (C=O) groups excluding carboxylic acids is 2. The van der Waals surface area contributed by atoms with Crippen LogP contribution in [0.2, 0.25) is 0 Å². The maximum Gasteiger partial charge on any atom is 0.290 e. The van der Waals surface area contributed by atoms with E-state index >= 15 is 0 Å². The summed E-state index contributed by atoms with van der Waals surface area (Å²) in [6, 6.07) is 10.2. The van der Waals surface area contributed by atoms with Gasteiger partial charge in [-0.2, -0.15) is 0 Å². The van der Waals surface area contributed by atoms with E-state index in [-0.39, 0.29) is 11.7 Å². The second kappa shape index (κ2) is 7.58. The first-order valence-corrected chi connectivity index (χ1v) is 7.62. The molecule has 0 saturated heterocycles. The molecule has 0 fully saturated rings. The highest BCUT2D eigenvalue weighted by molar-refractivity contribution is 5.95. The molecule has 0 bridgehead atoms. The van der Waals surface area contributed by atoms with Crippen molar-refractivity contribution in [3.8, 4) is 0 Å². The fourth-order valence-electron chi connectivity index (χ4n) is 2.14. The van der Waals surface area contributed by atoms with Crippen molar-refractivity contribution in [2.24, 2.45) is 5.73 Å². The lowest BCUT2D eigenvalue weighted by molar-refractivity contribution is -0.119. The van der Waals surface area contributed by atoms with E-state index in [1.807, 2.05) is 44.2 Å². The van der Waals surface area contributed by atoms with E-state index in [0.29, 0.717) is 6.42 Å². The third-order valence-corrected chi connectivity index (χ3v) is 3.80. The third-order valence-electron chi connectivity index (χ3n) is 3.80. The molecule has 0 aliphatic heterocycles. The van der Waals surface area contributed by atoms with Gasteiger partial charge in [0.05, 0.1) is 5.69 Å². The Morgan fingerprint density at radius 2 is 2.00 bits per heavy atom. The number of hydrogen-bond acceptors (Lipinski definition) is 4. The molecule has 1 aromatic heterocycles. The molecule has 2 aromatic rings. The molecule has 6 nitrogen and oxygen atoms in total. The number of hydrogen-bond donors (Lipinski definition) is 2. The molecular weight excluding hydrogens is 294 g/mol. The summed E-state index contributed by atoms with van der Waals surface area (Å²) in [5, 5.41) is 6.50. The molecule has 1 aromatic carbocycles. The summed E-state index contributed by atoms with van der Waals surface area (Å²) in [4.78, 5) is 23.8. The molecule has 0 aliphatic rings. The summed E-state index contributed by atoms with van der Waals surface area (Å²) in [6.07, 6.45) is 1.22. The zero-order chi connectivity index (χ0) is 16.8. The Balaban J connectivity index is 2.06. The van der Waals surface area contributed by atoms with Gasteiger partial charge < -0.3 is 15.6 Å². The normalized spacial score (nSPS) is 13.3. The van der Waals surface area contributed by atoms with Gasteiger partial charge >= 0.3 is 0 Å². The van der Waals surface area contributed by atoms with E-state index in [1.54, 1.807) is 6.07 Å². The minimum absolute atomic E-state index is 0.0830. The Labute approximate surface area is 135 Å². The molecule has 23 heavy (non-hydrogen) atoms. The van der Waals surface area contributed by atoms with Gasteiger partial charge in [-0.05, 0) is 12.0 Å². The van der Waals surface area contributed by atoms with Crippen molar-refractivity contribution in [1.82, 2.24) is 10.5 Å². The molecule has 0 radical (unpaired) electrons. The van der Waals surface area contributed by atoms with Crippen LogP contribution in [-0.4, -0.2) is 23.0 Å². The van der Waals surface area contributed by atoms with Gasteiger partial charge in [0.1, 0.15) is 6.04 Å². The van der Waals surface area contributed by atoms with E-state index in [0.717, 1.165) is 17.7 Å². The number of amides is 2. The van der Waals surface area contributed by atoms with Crippen LogP contribution in [0.15, 0.2) is 40.9 Å². The van der Waals surface area contributed by atoms with Gasteiger partial charge in [0.2, 0.25) is 11.7 Å². The Kier molecular flexibility index (Phi) is 5.51. The Morgan fingerprint density at radius 3 is 2.61 bits per heavy atom. The molecular formula is C17H21N3O3. The van der Waals surface area contributed by atoms with Gasteiger partial charge in [-0.25, -0.2) is 0 Å². The number of rotatable bonds is 7. The maximum absolute atomic E-state index is 12.2. The number of carbonyl (C=O) groups is 2. The largest absolute Gasteiger partial charge is 0.368 e. The second-order valence-electron chi connectivity index (χ2n) is 5.54. The molecule has 2 atom stereocenters. The lowest BCUT2D eigenvalue weighted by Gasteiger charge is -2.14. The van der Waals surface area contributed by atoms with E-state index in [2.05, 4.69) is 10.5 Å². The molecule has 0 unspecified atom stereocenters. The topological polar surface area (TPSA) is 98.2 Å². The highest BCUT2D eigenvalue weighted by Gasteiger charge is 2.22. The first-order chi connectivity index (χ1) is 11.0. The summed E-state index contributed by atoms with van der Waals surface area (Å²) in [5.74, 6) is -0.799. The van der Waals surface area contributed by atoms with Crippen molar-refractivity contribution in [3.05, 3.63) is 53.4 Å². The van der Waals surface area contributed by atoms with Crippen LogP contribution in [0.3, 0.4) is 0 Å². The molecule has 1 heterocycles. The molecule has 0 saturated carbocycles. The zero-order valence-corrected chi connectivity index (χ0v) is 13.3. The van der Waals surface area contributed by atoms with E-state index in [4.69, 9.17) is 10.3 Å². The number of benzene rings is 1. The first-order valence-electron chi connectivity index (χ1n) is 7.62. The van der Waals surface area contributed by atoms with Crippen LogP contribution in [0.25, 0.3) is 0 Å².